The molecule has 1 aromatic rings. The maximum absolute atomic E-state index is 9.02. The lowest BCUT2D eigenvalue weighted by atomic mass is 10.1. The first kappa shape index (κ1) is 13.6. The van der Waals surface area contributed by atoms with Crippen molar-refractivity contribution in [3.05, 3.63) is 34.3 Å². The van der Waals surface area contributed by atoms with Crippen LogP contribution in [-0.2, 0) is 6.42 Å². The predicted molar refractivity (Wildman–Crippen MR) is 68.4 cm³/mol. The van der Waals surface area contributed by atoms with Gasteiger partial charge in [-0.3, -0.25) is 4.90 Å². The van der Waals surface area contributed by atoms with Crippen molar-refractivity contribution >= 4 is 15.9 Å². The van der Waals surface area contributed by atoms with Crippen molar-refractivity contribution in [1.29, 1.82) is 0 Å². The number of aliphatic hydroxyl groups excluding tert-OH is 2. The maximum Gasteiger partial charge on any atom is 0.0609 e. The summed E-state index contributed by atoms with van der Waals surface area (Å²) in [7, 11) is 1.91. The highest BCUT2D eigenvalue weighted by Crippen LogP contribution is 2.11. The number of aliphatic hydroxyl groups is 2. The normalized spacial score (nSPS) is 11.4. The van der Waals surface area contributed by atoms with Gasteiger partial charge in [-0.05, 0) is 31.2 Å². The van der Waals surface area contributed by atoms with Crippen molar-refractivity contribution in [2.45, 2.75) is 12.5 Å². The summed E-state index contributed by atoms with van der Waals surface area (Å²) in [4.78, 5) is 1.97. The molecule has 0 aromatic heterocycles. The second-order valence-corrected chi connectivity index (χ2v) is 4.79. The molecule has 0 unspecified atom stereocenters. The number of halogens is 1. The van der Waals surface area contributed by atoms with E-state index in [1.54, 1.807) is 0 Å². The van der Waals surface area contributed by atoms with Crippen LogP contribution in [0.5, 0.6) is 0 Å². The highest BCUT2D eigenvalue weighted by molar-refractivity contribution is 9.10. The van der Waals surface area contributed by atoms with Gasteiger partial charge in [0.15, 0.2) is 0 Å². The molecule has 90 valence electrons. The maximum atomic E-state index is 9.02. The Morgan fingerprint density at radius 3 is 2.25 bits per heavy atom. The van der Waals surface area contributed by atoms with Gasteiger partial charge in [-0.1, -0.05) is 28.1 Å². The molecule has 0 fully saturated rings. The SMILES string of the molecule is CN(CCc1ccc(Br)cc1)C(CO)CO. The molecule has 0 spiro atoms. The molecule has 0 heterocycles. The first-order valence-corrected chi connectivity index (χ1v) is 6.13. The third-order valence-corrected chi connectivity index (χ3v) is 3.24. The zero-order chi connectivity index (χ0) is 12.0. The lowest BCUT2D eigenvalue weighted by molar-refractivity contribution is 0.0925. The Labute approximate surface area is 105 Å². The van der Waals surface area contributed by atoms with Crippen LogP contribution in [0.2, 0.25) is 0 Å². The molecule has 1 rings (SSSR count). The van der Waals surface area contributed by atoms with Gasteiger partial charge in [-0.15, -0.1) is 0 Å². The van der Waals surface area contributed by atoms with E-state index in [4.69, 9.17) is 10.2 Å². The number of hydrogen-bond donors (Lipinski definition) is 2. The summed E-state index contributed by atoms with van der Waals surface area (Å²) in [6.07, 6.45) is 0.917. The molecule has 0 atom stereocenters. The highest BCUT2D eigenvalue weighted by atomic mass is 79.9. The van der Waals surface area contributed by atoms with Crippen molar-refractivity contribution in [2.75, 3.05) is 26.8 Å². The van der Waals surface area contributed by atoms with Crippen molar-refractivity contribution in [3.63, 3.8) is 0 Å². The van der Waals surface area contributed by atoms with E-state index in [1.807, 2.05) is 24.1 Å². The average molecular weight is 288 g/mol. The van der Waals surface area contributed by atoms with Crippen LogP contribution in [0.3, 0.4) is 0 Å². The molecular formula is C12H18BrNO2. The van der Waals surface area contributed by atoms with E-state index in [1.165, 1.54) is 5.56 Å². The Morgan fingerprint density at radius 1 is 1.19 bits per heavy atom. The van der Waals surface area contributed by atoms with Crippen molar-refractivity contribution in [2.24, 2.45) is 0 Å². The van der Waals surface area contributed by atoms with Crippen LogP contribution in [0.4, 0.5) is 0 Å². The van der Waals surface area contributed by atoms with Crippen LogP contribution in [-0.4, -0.2) is 48.0 Å². The quantitative estimate of drug-likeness (QED) is 0.828. The summed E-state index contributed by atoms with van der Waals surface area (Å²) in [5.74, 6) is 0. The summed E-state index contributed by atoms with van der Waals surface area (Å²) in [5.41, 5.74) is 1.25. The average Bonchev–Trinajstić information content (AvgIpc) is 2.30. The third-order valence-electron chi connectivity index (χ3n) is 2.71. The zero-order valence-corrected chi connectivity index (χ0v) is 11.0. The van der Waals surface area contributed by atoms with Gasteiger partial charge in [0.25, 0.3) is 0 Å². The third kappa shape index (κ3) is 4.22. The number of benzene rings is 1. The van der Waals surface area contributed by atoms with Gasteiger partial charge in [0.05, 0.1) is 19.3 Å². The van der Waals surface area contributed by atoms with Gasteiger partial charge in [0.2, 0.25) is 0 Å². The van der Waals surface area contributed by atoms with Crippen molar-refractivity contribution < 1.29 is 10.2 Å². The molecule has 2 N–H and O–H groups in total. The van der Waals surface area contributed by atoms with Crippen LogP contribution in [0, 0.1) is 0 Å². The minimum atomic E-state index is -0.157. The van der Waals surface area contributed by atoms with Crippen LogP contribution in [0.25, 0.3) is 0 Å². The van der Waals surface area contributed by atoms with Crippen LogP contribution >= 0.6 is 15.9 Å². The second kappa shape index (κ2) is 7.01. The van der Waals surface area contributed by atoms with E-state index in [0.717, 1.165) is 17.4 Å². The molecule has 0 aliphatic rings. The van der Waals surface area contributed by atoms with E-state index >= 15 is 0 Å². The minimum absolute atomic E-state index is 0.00661. The van der Waals surface area contributed by atoms with Gasteiger partial charge < -0.3 is 10.2 Å². The Kier molecular flexibility index (Phi) is 5.98. The number of nitrogens with zero attached hydrogens (tertiary/aromatic N) is 1. The van der Waals surface area contributed by atoms with Crippen LogP contribution in [0.15, 0.2) is 28.7 Å². The van der Waals surface area contributed by atoms with Gasteiger partial charge in [0.1, 0.15) is 0 Å². The number of rotatable bonds is 6. The first-order valence-electron chi connectivity index (χ1n) is 5.33. The molecule has 0 saturated carbocycles. The Balaban J connectivity index is 2.42. The molecule has 4 heteroatoms. The summed E-state index contributed by atoms with van der Waals surface area (Å²) in [5, 5.41) is 18.0. The Morgan fingerprint density at radius 2 is 1.75 bits per heavy atom. The Bertz CT molecular complexity index is 298. The summed E-state index contributed by atoms with van der Waals surface area (Å²) in [6.45, 7) is 0.814. The van der Waals surface area contributed by atoms with Crippen LogP contribution < -0.4 is 0 Å². The van der Waals surface area contributed by atoms with Gasteiger partial charge in [-0.25, -0.2) is 0 Å². The molecule has 0 radical (unpaired) electrons. The standard InChI is InChI=1S/C12H18BrNO2/c1-14(12(8-15)9-16)7-6-10-2-4-11(13)5-3-10/h2-5,12,15-16H,6-9H2,1H3. The van der Waals surface area contributed by atoms with E-state index in [2.05, 4.69) is 28.1 Å². The fourth-order valence-electron chi connectivity index (χ4n) is 1.48. The van der Waals surface area contributed by atoms with Crippen LogP contribution in [0.1, 0.15) is 5.56 Å². The van der Waals surface area contributed by atoms with E-state index in [-0.39, 0.29) is 19.3 Å². The Hall–Kier alpha value is -0.420. The highest BCUT2D eigenvalue weighted by Gasteiger charge is 2.11. The molecule has 16 heavy (non-hydrogen) atoms. The minimum Gasteiger partial charge on any atom is -0.395 e. The first-order chi connectivity index (χ1) is 7.67. The predicted octanol–water partition coefficient (Wildman–Crippen LogP) is 1.28. The molecule has 1 aromatic carbocycles. The van der Waals surface area contributed by atoms with Gasteiger partial charge in [0, 0.05) is 11.0 Å². The monoisotopic (exact) mass is 287 g/mol. The van der Waals surface area contributed by atoms with Gasteiger partial charge >= 0.3 is 0 Å². The lowest BCUT2D eigenvalue weighted by Crippen LogP contribution is -2.38. The van der Waals surface area contributed by atoms with Gasteiger partial charge in [-0.2, -0.15) is 0 Å². The summed E-state index contributed by atoms with van der Waals surface area (Å²) < 4.78 is 1.08. The zero-order valence-electron chi connectivity index (χ0n) is 9.43. The van der Waals surface area contributed by atoms with E-state index in [9.17, 15) is 0 Å². The van der Waals surface area contributed by atoms with Crippen molar-refractivity contribution in [1.82, 2.24) is 4.90 Å². The molecular weight excluding hydrogens is 270 g/mol. The molecule has 0 aliphatic heterocycles. The summed E-state index contributed by atoms with van der Waals surface area (Å²) in [6, 6.07) is 8.03. The topological polar surface area (TPSA) is 43.7 Å². The van der Waals surface area contributed by atoms with E-state index in [0.29, 0.717) is 0 Å². The second-order valence-electron chi connectivity index (χ2n) is 3.88. The molecule has 0 amide bonds. The fourth-order valence-corrected chi connectivity index (χ4v) is 1.74. The summed E-state index contributed by atoms with van der Waals surface area (Å²) >= 11 is 3.39. The molecule has 0 saturated heterocycles. The number of hydrogen-bond acceptors (Lipinski definition) is 3. The van der Waals surface area contributed by atoms with E-state index < -0.39 is 0 Å². The van der Waals surface area contributed by atoms with Crippen molar-refractivity contribution in [3.8, 4) is 0 Å². The fraction of sp³-hybridized carbons (Fsp3) is 0.500. The number of likely N-dealkylation sites (N-methyl/N-ethyl adjacent to an activating group) is 1. The molecule has 0 aliphatic carbocycles. The molecule has 0 bridgehead atoms. The smallest absolute Gasteiger partial charge is 0.0609 e. The lowest BCUT2D eigenvalue weighted by Gasteiger charge is -2.24. The largest absolute Gasteiger partial charge is 0.395 e. The molecule has 3 nitrogen and oxygen atoms in total.